The molecule has 1 aliphatic rings. The molecule has 0 aliphatic heterocycles. The molecule has 1 unspecified atom stereocenters. The van der Waals surface area contributed by atoms with Crippen LogP contribution in [0.25, 0.3) is 55.6 Å². The van der Waals surface area contributed by atoms with Crippen LogP contribution in [0.1, 0.15) is 75.8 Å². The normalized spacial score (nSPS) is 14.1. The van der Waals surface area contributed by atoms with Gasteiger partial charge < -0.3 is 9.40 Å². The number of fused-ring (bicyclic) bond motifs is 3. The summed E-state index contributed by atoms with van der Waals surface area (Å²) in [5.41, 5.74) is 11.0. The van der Waals surface area contributed by atoms with Crippen LogP contribution in [0.2, 0.25) is 17.3 Å². The molecule has 0 spiro atoms. The Bertz CT molecular complexity index is 2270. The monoisotopic (exact) mass is 937 g/mol. The van der Waals surface area contributed by atoms with Crippen molar-refractivity contribution in [2.24, 2.45) is 5.92 Å². The van der Waals surface area contributed by atoms with Crippen molar-refractivity contribution in [2.45, 2.75) is 82.0 Å². The summed E-state index contributed by atoms with van der Waals surface area (Å²) >= 11 is -1.85. The van der Waals surface area contributed by atoms with Crippen LogP contribution in [0.4, 0.5) is 0 Å². The summed E-state index contributed by atoms with van der Waals surface area (Å²) in [6, 6.07) is 42.4. The Morgan fingerprint density at radius 1 is 0.755 bits per heavy atom. The van der Waals surface area contributed by atoms with E-state index < -0.39 is 13.3 Å². The summed E-state index contributed by atoms with van der Waals surface area (Å²) in [5.74, 6) is 9.15. The van der Waals surface area contributed by atoms with Crippen molar-refractivity contribution in [1.82, 2.24) is 9.97 Å². The van der Waals surface area contributed by atoms with Gasteiger partial charge in [0.2, 0.25) is 0 Å². The molecule has 1 radical (unpaired) electrons. The molecule has 5 heteroatoms. The standard InChI is InChI=1S/C31H28NO.C17H22GeN.Ir/c1-21(22-10-4-2-5-11-22)24-18-19-32-28(20-24)26-15-8-16-27-30-25(23-12-6-3-7-13-23)14-9-17-29(30)33-31(26)27;1-13(2)15-11-17(14-9-7-6-8-10-14)19-12-16(15)18(3,4)5;/h3,6-9,12-14,16-22H,2,4-5,10-11H2,1H3;6-9,11-13H,1-5H3;/q2*-1;. The molecule has 1 fully saturated rings. The Balaban J connectivity index is 0.000000206. The minimum atomic E-state index is -1.85. The fourth-order valence-corrected chi connectivity index (χ4v) is 11.4. The minimum Gasteiger partial charge on any atom is -0.501 e. The van der Waals surface area contributed by atoms with Crippen LogP contribution in [0.15, 0.2) is 120 Å². The molecule has 1 atom stereocenters. The van der Waals surface area contributed by atoms with Gasteiger partial charge in [-0.15, -0.1) is 18.2 Å². The molecule has 0 saturated heterocycles. The number of nitrogens with zero attached hydrogens (tertiary/aromatic N) is 2. The summed E-state index contributed by atoms with van der Waals surface area (Å²) in [7, 11) is 0. The number of furan rings is 1. The Morgan fingerprint density at radius 2 is 1.53 bits per heavy atom. The maximum atomic E-state index is 6.45. The van der Waals surface area contributed by atoms with Gasteiger partial charge in [0, 0.05) is 31.7 Å². The van der Waals surface area contributed by atoms with Crippen molar-refractivity contribution >= 4 is 39.6 Å². The average molecular weight is 936 g/mol. The van der Waals surface area contributed by atoms with Gasteiger partial charge in [-0.05, 0) is 53.6 Å². The summed E-state index contributed by atoms with van der Waals surface area (Å²) in [6.45, 7) is 6.92. The van der Waals surface area contributed by atoms with Crippen LogP contribution in [0, 0.1) is 18.1 Å². The molecule has 3 heterocycles. The van der Waals surface area contributed by atoms with Crippen LogP contribution in [0.3, 0.4) is 0 Å². The van der Waals surface area contributed by atoms with Gasteiger partial charge in [0.25, 0.3) is 0 Å². The van der Waals surface area contributed by atoms with Crippen molar-refractivity contribution in [3.63, 3.8) is 0 Å². The van der Waals surface area contributed by atoms with Crippen LogP contribution in [-0.2, 0) is 20.1 Å². The second-order valence-electron chi connectivity index (χ2n) is 15.7. The molecule has 53 heavy (non-hydrogen) atoms. The van der Waals surface area contributed by atoms with Gasteiger partial charge in [-0.25, -0.2) is 0 Å². The van der Waals surface area contributed by atoms with E-state index in [-0.39, 0.29) is 20.1 Å². The molecule has 0 amide bonds. The summed E-state index contributed by atoms with van der Waals surface area (Å²) in [6.07, 6.45) is 10.9. The number of pyridine rings is 2. The van der Waals surface area contributed by atoms with E-state index in [0.717, 1.165) is 50.4 Å². The molecule has 1 saturated carbocycles. The first-order valence-corrected chi connectivity index (χ1v) is 26.4. The third-order valence-electron chi connectivity index (χ3n) is 10.8. The van der Waals surface area contributed by atoms with Gasteiger partial charge in [-0.1, -0.05) is 91.2 Å². The van der Waals surface area contributed by atoms with E-state index in [0.29, 0.717) is 11.8 Å². The maximum absolute atomic E-state index is 6.45. The van der Waals surface area contributed by atoms with Crippen molar-refractivity contribution in [3.8, 4) is 33.6 Å². The van der Waals surface area contributed by atoms with Crippen molar-refractivity contribution in [1.29, 1.82) is 0 Å². The summed E-state index contributed by atoms with van der Waals surface area (Å²) in [4.78, 5) is 9.42. The molecular weight excluding hydrogens is 885 g/mol. The largest absolute Gasteiger partial charge is 0.501 e. The first-order valence-electron chi connectivity index (χ1n) is 19.0. The second kappa shape index (κ2) is 17.1. The van der Waals surface area contributed by atoms with E-state index in [1.54, 1.807) is 0 Å². The molecular formula is C48H50GeIrN2O-2. The number of aromatic nitrogens is 2. The third-order valence-corrected chi connectivity index (χ3v) is 15.1. The smallest absolute Gasteiger partial charge is 0.121 e. The SMILES string of the molecule is CC(C)c1cc(-c2[c-]cccc2)nc[c]1[Ge]([CH3])([CH3])[CH3].CC(c1ccnc(-c2[c-]ccc3c2oc2cccc(-c4ccccc4)c23)c1)C1CCCCC1.[Ir]. The molecule has 8 rings (SSSR count). The minimum absolute atomic E-state index is 0. The van der Waals surface area contributed by atoms with Gasteiger partial charge in [0.1, 0.15) is 5.58 Å². The Morgan fingerprint density at radius 3 is 2.25 bits per heavy atom. The van der Waals surface area contributed by atoms with Gasteiger partial charge in [0.15, 0.2) is 0 Å². The van der Waals surface area contributed by atoms with E-state index in [4.69, 9.17) is 9.40 Å². The van der Waals surface area contributed by atoms with Gasteiger partial charge in [-0.3, -0.25) is 0 Å². The molecule has 0 N–H and O–H groups in total. The second-order valence-corrected chi connectivity index (χ2v) is 26.3. The van der Waals surface area contributed by atoms with E-state index >= 15 is 0 Å². The Hall–Kier alpha value is -3.83. The van der Waals surface area contributed by atoms with Gasteiger partial charge in [-0.2, -0.15) is 0 Å². The molecule has 3 aromatic heterocycles. The van der Waals surface area contributed by atoms with Crippen molar-refractivity contribution < 1.29 is 24.5 Å². The quantitative estimate of drug-likeness (QED) is 0.118. The maximum Gasteiger partial charge on any atom is 0.121 e. The first kappa shape index (κ1) is 38.9. The fourth-order valence-electron chi connectivity index (χ4n) is 7.89. The molecule has 4 aromatic carbocycles. The Labute approximate surface area is 332 Å². The zero-order valence-corrected chi connectivity index (χ0v) is 36.4. The third kappa shape index (κ3) is 8.62. The summed E-state index contributed by atoms with van der Waals surface area (Å²) < 4.78 is 7.97. The van der Waals surface area contributed by atoms with Crippen LogP contribution in [-0.4, -0.2) is 23.2 Å². The van der Waals surface area contributed by atoms with Crippen LogP contribution < -0.4 is 4.40 Å². The predicted molar refractivity (Wildman–Crippen MR) is 222 cm³/mol. The Kier molecular flexibility index (Phi) is 12.5. The zero-order chi connectivity index (χ0) is 36.2. The van der Waals surface area contributed by atoms with Crippen molar-refractivity contribution in [2.75, 3.05) is 0 Å². The first-order chi connectivity index (χ1) is 25.2. The van der Waals surface area contributed by atoms with Crippen molar-refractivity contribution in [3.05, 3.63) is 139 Å². The number of benzene rings is 4. The zero-order valence-electron chi connectivity index (χ0n) is 31.9. The molecule has 0 bridgehead atoms. The average Bonchev–Trinajstić information content (AvgIpc) is 3.58. The molecule has 273 valence electrons. The molecule has 3 nitrogen and oxygen atoms in total. The van der Waals surface area contributed by atoms with Crippen LogP contribution >= 0.6 is 0 Å². The van der Waals surface area contributed by atoms with Gasteiger partial charge in [0.05, 0.1) is 5.58 Å². The van der Waals surface area contributed by atoms with Crippen LogP contribution in [0.5, 0.6) is 0 Å². The van der Waals surface area contributed by atoms with Gasteiger partial charge >= 0.3 is 119 Å². The molecule has 7 aromatic rings. The van der Waals surface area contributed by atoms with E-state index in [1.165, 1.54) is 58.8 Å². The van der Waals surface area contributed by atoms with E-state index in [1.807, 2.05) is 30.5 Å². The molecule has 1 aliphatic carbocycles. The fraction of sp³-hybridized carbons (Fsp3) is 0.292. The van der Waals surface area contributed by atoms with E-state index in [2.05, 4.69) is 140 Å². The number of hydrogen-bond acceptors (Lipinski definition) is 3. The summed E-state index contributed by atoms with van der Waals surface area (Å²) in [5, 5.41) is 2.27. The number of hydrogen-bond donors (Lipinski definition) is 0. The topological polar surface area (TPSA) is 38.9 Å². The van der Waals surface area contributed by atoms with E-state index in [9.17, 15) is 0 Å². The number of rotatable bonds is 7. The predicted octanol–water partition coefficient (Wildman–Crippen LogP) is 13.0.